The van der Waals surface area contributed by atoms with Gasteiger partial charge >= 0.3 is 0 Å². The molecule has 34 heavy (non-hydrogen) atoms. The number of rotatable bonds is 5. The van der Waals surface area contributed by atoms with Crippen molar-refractivity contribution >= 4 is 32.8 Å². The van der Waals surface area contributed by atoms with Crippen molar-refractivity contribution in [1.82, 2.24) is 23.7 Å². The van der Waals surface area contributed by atoms with Crippen LogP contribution < -0.4 is 10.5 Å². The van der Waals surface area contributed by atoms with E-state index in [-0.39, 0.29) is 22.9 Å². The van der Waals surface area contributed by atoms with Gasteiger partial charge in [0, 0.05) is 57.7 Å². The summed E-state index contributed by atoms with van der Waals surface area (Å²) in [4.78, 5) is 38.1. The van der Waals surface area contributed by atoms with Crippen molar-refractivity contribution in [3.8, 4) is 0 Å². The molecule has 0 unspecified atom stereocenters. The van der Waals surface area contributed by atoms with Gasteiger partial charge in [0.05, 0.1) is 10.4 Å². The van der Waals surface area contributed by atoms with Crippen LogP contribution in [0.15, 0.2) is 58.5 Å². The van der Waals surface area contributed by atoms with Gasteiger partial charge in [-0.15, -0.1) is 0 Å². The molecule has 4 heterocycles. The topological polar surface area (TPSA) is 109 Å². The van der Waals surface area contributed by atoms with E-state index in [2.05, 4.69) is 9.97 Å². The largest absolute Gasteiger partial charge is 0.338 e. The van der Waals surface area contributed by atoms with Crippen LogP contribution in [0.4, 0.5) is 5.95 Å². The predicted octanol–water partition coefficient (Wildman–Crippen LogP) is 0.925. The Labute approximate surface area is 197 Å². The summed E-state index contributed by atoms with van der Waals surface area (Å²) in [7, 11) is -3.57. The third kappa shape index (κ3) is 4.28. The Balaban J connectivity index is 1.34. The fourth-order valence-corrected chi connectivity index (χ4v) is 6.08. The molecule has 1 aromatic carbocycles. The molecule has 5 rings (SSSR count). The smallest absolute Gasteiger partial charge is 0.251 e. The number of benzene rings is 1. The first-order valence-electron chi connectivity index (χ1n) is 11.4. The van der Waals surface area contributed by atoms with Gasteiger partial charge in [0.1, 0.15) is 6.54 Å². The van der Waals surface area contributed by atoms with Crippen molar-refractivity contribution in [2.24, 2.45) is 0 Å². The number of aromatic nitrogens is 3. The number of fused-ring (bicyclic) bond motifs is 1. The third-order valence-corrected chi connectivity index (χ3v) is 8.32. The zero-order chi connectivity index (χ0) is 23.7. The van der Waals surface area contributed by atoms with E-state index in [0.717, 1.165) is 12.8 Å². The summed E-state index contributed by atoms with van der Waals surface area (Å²) in [5, 5.41) is 0.610. The molecule has 2 aliphatic rings. The molecule has 0 aliphatic carbocycles. The van der Waals surface area contributed by atoms with E-state index in [1.165, 1.54) is 21.0 Å². The van der Waals surface area contributed by atoms with E-state index >= 15 is 0 Å². The maximum atomic E-state index is 13.0. The molecule has 0 saturated carbocycles. The van der Waals surface area contributed by atoms with Crippen molar-refractivity contribution in [3.05, 3.63) is 59.1 Å². The molecule has 1 amide bonds. The SMILES string of the molecule is O=C(Cn1c(=O)ccc2cc(S(=O)(=O)N3CCCC3)ccc21)N1CCN(c2ncccn2)CC1. The monoisotopic (exact) mass is 482 g/mol. The Hall–Kier alpha value is -3.31. The van der Waals surface area contributed by atoms with Gasteiger partial charge in [-0.2, -0.15) is 4.31 Å². The van der Waals surface area contributed by atoms with Crippen molar-refractivity contribution < 1.29 is 13.2 Å². The zero-order valence-corrected chi connectivity index (χ0v) is 19.5. The number of nitrogens with zero attached hydrogens (tertiary/aromatic N) is 6. The molecule has 2 saturated heterocycles. The summed E-state index contributed by atoms with van der Waals surface area (Å²) >= 11 is 0. The van der Waals surface area contributed by atoms with Crippen LogP contribution in [0.25, 0.3) is 10.9 Å². The second-order valence-corrected chi connectivity index (χ2v) is 10.4. The van der Waals surface area contributed by atoms with E-state index in [4.69, 9.17) is 0 Å². The molecule has 2 fully saturated rings. The van der Waals surface area contributed by atoms with E-state index in [9.17, 15) is 18.0 Å². The highest BCUT2D eigenvalue weighted by atomic mass is 32.2. The van der Waals surface area contributed by atoms with Crippen LogP contribution in [-0.4, -0.2) is 77.3 Å². The number of carbonyl (C=O) groups is 1. The lowest BCUT2D eigenvalue weighted by Gasteiger charge is -2.34. The molecule has 3 aromatic rings. The Morgan fingerprint density at radius 2 is 1.62 bits per heavy atom. The molecule has 11 heteroatoms. The fourth-order valence-electron chi connectivity index (χ4n) is 4.53. The number of hydrogen-bond donors (Lipinski definition) is 0. The first kappa shape index (κ1) is 22.5. The maximum absolute atomic E-state index is 13.0. The molecule has 2 aromatic heterocycles. The Kier molecular flexibility index (Phi) is 6.05. The zero-order valence-electron chi connectivity index (χ0n) is 18.7. The molecule has 0 spiro atoms. The van der Waals surface area contributed by atoms with E-state index < -0.39 is 10.0 Å². The second-order valence-electron chi connectivity index (χ2n) is 8.51. The first-order valence-corrected chi connectivity index (χ1v) is 12.8. The highest BCUT2D eigenvalue weighted by Gasteiger charge is 2.28. The summed E-state index contributed by atoms with van der Waals surface area (Å²) in [6.07, 6.45) is 5.10. The molecule has 10 nitrogen and oxygen atoms in total. The van der Waals surface area contributed by atoms with Gasteiger partial charge < -0.3 is 9.80 Å². The van der Waals surface area contributed by atoms with E-state index in [1.807, 2.05) is 4.90 Å². The van der Waals surface area contributed by atoms with Crippen LogP contribution in [0.1, 0.15) is 12.8 Å². The Morgan fingerprint density at radius 1 is 0.912 bits per heavy atom. The number of sulfonamides is 1. The molecular weight excluding hydrogens is 456 g/mol. The average molecular weight is 483 g/mol. The maximum Gasteiger partial charge on any atom is 0.251 e. The van der Waals surface area contributed by atoms with Gasteiger partial charge in [-0.1, -0.05) is 0 Å². The first-order chi connectivity index (χ1) is 16.4. The van der Waals surface area contributed by atoms with E-state index in [1.54, 1.807) is 41.6 Å². The van der Waals surface area contributed by atoms with Crippen molar-refractivity contribution in [2.75, 3.05) is 44.2 Å². The molecular formula is C23H26N6O4S. The number of hydrogen-bond acceptors (Lipinski definition) is 7. The molecule has 0 radical (unpaired) electrons. The number of pyridine rings is 1. The second kappa shape index (κ2) is 9.15. The van der Waals surface area contributed by atoms with E-state index in [0.29, 0.717) is 56.1 Å². The number of anilines is 1. The Bertz CT molecular complexity index is 1360. The number of carbonyl (C=O) groups excluding carboxylic acids is 1. The predicted molar refractivity (Wildman–Crippen MR) is 127 cm³/mol. The van der Waals surface area contributed by atoms with Gasteiger partial charge in [0.15, 0.2) is 0 Å². The third-order valence-electron chi connectivity index (χ3n) is 6.42. The lowest BCUT2D eigenvalue weighted by Crippen LogP contribution is -2.50. The van der Waals surface area contributed by atoms with Crippen LogP contribution in [0.2, 0.25) is 0 Å². The average Bonchev–Trinajstić information content (AvgIpc) is 3.42. The van der Waals surface area contributed by atoms with Crippen molar-refractivity contribution in [2.45, 2.75) is 24.3 Å². The van der Waals surface area contributed by atoms with Crippen LogP contribution in [0.5, 0.6) is 0 Å². The highest BCUT2D eigenvalue weighted by molar-refractivity contribution is 7.89. The summed E-state index contributed by atoms with van der Waals surface area (Å²) < 4.78 is 28.8. The van der Waals surface area contributed by atoms with Crippen LogP contribution in [-0.2, 0) is 21.4 Å². The Morgan fingerprint density at radius 3 is 2.32 bits per heavy atom. The standard InChI is InChI=1S/C23H26N6O4S/c30-21-7-4-18-16-19(34(32,33)28-10-1-2-11-28)5-6-20(18)29(21)17-22(31)26-12-14-27(15-13-26)23-24-8-3-9-25-23/h3-9,16H,1-2,10-15,17H2. The lowest BCUT2D eigenvalue weighted by molar-refractivity contribution is -0.132. The molecule has 0 atom stereocenters. The summed E-state index contributed by atoms with van der Waals surface area (Å²) in [6.45, 7) is 3.19. The molecule has 0 bridgehead atoms. The van der Waals surface area contributed by atoms with Crippen molar-refractivity contribution in [3.63, 3.8) is 0 Å². The van der Waals surface area contributed by atoms with Gasteiger partial charge in [0.25, 0.3) is 5.56 Å². The summed E-state index contributed by atoms with van der Waals surface area (Å²) in [6, 6.07) is 9.48. The van der Waals surface area contributed by atoms with Gasteiger partial charge in [-0.05, 0) is 48.6 Å². The van der Waals surface area contributed by atoms with Crippen LogP contribution >= 0.6 is 0 Å². The number of amides is 1. The van der Waals surface area contributed by atoms with Crippen molar-refractivity contribution in [1.29, 1.82) is 0 Å². The van der Waals surface area contributed by atoms with Crippen LogP contribution in [0.3, 0.4) is 0 Å². The fraction of sp³-hybridized carbons (Fsp3) is 0.391. The quantitative estimate of drug-likeness (QED) is 0.532. The summed E-state index contributed by atoms with van der Waals surface area (Å²) in [5.41, 5.74) is 0.241. The summed E-state index contributed by atoms with van der Waals surface area (Å²) in [5.74, 6) is 0.483. The normalized spacial score (nSPS) is 17.4. The molecule has 178 valence electrons. The highest BCUT2D eigenvalue weighted by Crippen LogP contribution is 2.24. The minimum atomic E-state index is -3.57. The van der Waals surface area contributed by atoms with Crippen LogP contribution in [0, 0.1) is 0 Å². The molecule has 0 N–H and O–H groups in total. The number of piperazine rings is 1. The van der Waals surface area contributed by atoms with Gasteiger partial charge in [-0.3, -0.25) is 14.2 Å². The lowest BCUT2D eigenvalue weighted by atomic mass is 10.2. The molecule has 2 aliphatic heterocycles. The van der Waals surface area contributed by atoms with Gasteiger partial charge in [-0.25, -0.2) is 18.4 Å². The van der Waals surface area contributed by atoms with Gasteiger partial charge in [0.2, 0.25) is 21.9 Å². The minimum Gasteiger partial charge on any atom is -0.338 e. The minimum absolute atomic E-state index is 0.101.